The van der Waals surface area contributed by atoms with Crippen molar-refractivity contribution in [3.8, 4) is 0 Å². The molecule has 0 saturated heterocycles. The highest BCUT2D eigenvalue weighted by molar-refractivity contribution is 5.86. The highest BCUT2D eigenvalue weighted by atomic mass is 16.1. The second kappa shape index (κ2) is 8.21. The number of carbonyl (C=O) groups is 1. The van der Waals surface area contributed by atoms with Crippen LogP contribution in [-0.4, -0.2) is 13.0 Å². The lowest BCUT2D eigenvalue weighted by Gasteiger charge is -1.82. The predicted molar refractivity (Wildman–Crippen MR) is 44.8 cm³/mol. The van der Waals surface area contributed by atoms with E-state index in [1.165, 1.54) is 6.08 Å². The Hall–Kier alpha value is -0.790. The van der Waals surface area contributed by atoms with Crippen LogP contribution in [0.4, 0.5) is 0 Å². The molecule has 60 valence electrons. The molecule has 10 heavy (non-hydrogen) atoms. The molecule has 0 aliphatic carbocycles. The van der Waals surface area contributed by atoms with Crippen molar-refractivity contribution in [3.63, 3.8) is 0 Å². The van der Waals surface area contributed by atoms with Crippen molar-refractivity contribution in [2.75, 3.05) is 7.05 Å². The van der Waals surface area contributed by atoms with Gasteiger partial charge in [-0.25, -0.2) is 0 Å². The third kappa shape index (κ3) is 27.0. The molecule has 1 N–H and O–H groups in total. The van der Waals surface area contributed by atoms with Gasteiger partial charge in [0.2, 0.25) is 5.91 Å². The van der Waals surface area contributed by atoms with Crippen molar-refractivity contribution in [1.82, 2.24) is 5.32 Å². The Bertz CT molecular complexity index is 94.7. The van der Waals surface area contributed by atoms with Gasteiger partial charge in [-0.3, -0.25) is 4.79 Å². The van der Waals surface area contributed by atoms with Crippen LogP contribution in [0.3, 0.4) is 0 Å². The van der Waals surface area contributed by atoms with Gasteiger partial charge >= 0.3 is 0 Å². The summed E-state index contributed by atoms with van der Waals surface area (Å²) >= 11 is 0. The quantitative estimate of drug-likeness (QED) is 0.555. The largest absolute Gasteiger partial charge is 0.356 e. The van der Waals surface area contributed by atoms with Crippen LogP contribution in [0.15, 0.2) is 12.7 Å². The molecule has 0 aliphatic heterocycles. The van der Waals surface area contributed by atoms with Crippen LogP contribution < -0.4 is 5.32 Å². The third-order valence-electron chi connectivity index (χ3n) is 0.432. The van der Waals surface area contributed by atoms with Crippen molar-refractivity contribution in [3.05, 3.63) is 12.7 Å². The number of rotatable bonds is 1. The van der Waals surface area contributed by atoms with Crippen molar-refractivity contribution in [2.24, 2.45) is 5.92 Å². The number of likely N-dealkylation sites (N-methyl/N-ethyl adjacent to an activating group) is 1. The van der Waals surface area contributed by atoms with Gasteiger partial charge in [-0.15, -0.1) is 0 Å². The van der Waals surface area contributed by atoms with Crippen LogP contribution >= 0.6 is 0 Å². The van der Waals surface area contributed by atoms with E-state index in [0.29, 0.717) is 0 Å². The molecule has 0 saturated carbocycles. The fourth-order valence-corrected chi connectivity index (χ4v) is 0.102. The average molecular weight is 143 g/mol. The zero-order chi connectivity index (χ0) is 8.57. The van der Waals surface area contributed by atoms with E-state index in [9.17, 15) is 4.79 Å². The molecule has 1 amide bonds. The zero-order valence-corrected chi connectivity index (χ0v) is 7.27. The number of hydrogen-bond donors (Lipinski definition) is 1. The molecular weight excluding hydrogens is 126 g/mol. The summed E-state index contributed by atoms with van der Waals surface area (Å²) in [6.07, 6.45) is 1.22. The van der Waals surface area contributed by atoms with E-state index in [1.807, 2.05) is 0 Å². The van der Waals surface area contributed by atoms with E-state index in [1.54, 1.807) is 7.05 Å². The standard InChI is InChI=1S/C4H7NO.C4H10/c1-3-4(6)5-2;1-4(2)3/h3H,1H2,2H3,(H,5,6);4H,1-3H3. The second-order valence-corrected chi connectivity index (χ2v) is 2.55. The maximum absolute atomic E-state index is 9.95. The van der Waals surface area contributed by atoms with Gasteiger partial charge in [-0.2, -0.15) is 0 Å². The van der Waals surface area contributed by atoms with Crippen molar-refractivity contribution >= 4 is 5.91 Å². The van der Waals surface area contributed by atoms with Gasteiger partial charge in [0, 0.05) is 7.05 Å². The summed E-state index contributed by atoms with van der Waals surface area (Å²) in [6.45, 7) is 9.72. The van der Waals surface area contributed by atoms with Crippen molar-refractivity contribution in [2.45, 2.75) is 20.8 Å². The lowest BCUT2D eigenvalue weighted by Crippen LogP contribution is -2.13. The third-order valence-corrected chi connectivity index (χ3v) is 0.432. The summed E-state index contributed by atoms with van der Waals surface area (Å²) in [4.78, 5) is 9.95. The van der Waals surface area contributed by atoms with Crippen molar-refractivity contribution < 1.29 is 4.79 Å². The first-order valence-corrected chi connectivity index (χ1v) is 3.38. The lowest BCUT2D eigenvalue weighted by atomic mass is 10.3. The molecule has 0 bridgehead atoms. The summed E-state index contributed by atoms with van der Waals surface area (Å²) in [5.74, 6) is 0.690. The molecule has 0 unspecified atom stereocenters. The summed E-state index contributed by atoms with van der Waals surface area (Å²) in [5, 5.41) is 2.36. The summed E-state index contributed by atoms with van der Waals surface area (Å²) < 4.78 is 0. The smallest absolute Gasteiger partial charge is 0.243 e. The molecule has 0 aliphatic rings. The Morgan fingerprint density at radius 3 is 1.80 bits per heavy atom. The average Bonchev–Trinajstić information content (AvgIpc) is 1.85. The van der Waals surface area contributed by atoms with Gasteiger partial charge in [-0.05, 0) is 12.0 Å². The van der Waals surface area contributed by atoms with Gasteiger partial charge in [0.1, 0.15) is 0 Å². The molecular formula is C8H17NO. The number of carbonyl (C=O) groups excluding carboxylic acids is 1. The van der Waals surface area contributed by atoms with Crippen LogP contribution in [0.1, 0.15) is 20.8 Å². The number of hydrogen-bond acceptors (Lipinski definition) is 1. The molecule has 0 rings (SSSR count). The molecule has 2 heteroatoms. The molecule has 2 nitrogen and oxygen atoms in total. The first-order chi connectivity index (χ1) is 4.54. The van der Waals surface area contributed by atoms with E-state index in [4.69, 9.17) is 0 Å². The maximum atomic E-state index is 9.95. The van der Waals surface area contributed by atoms with Gasteiger partial charge in [-0.1, -0.05) is 27.4 Å². The summed E-state index contributed by atoms with van der Waals surface area (Å²) in [5.41, 5.74) is 0. The highest BCUT2D eigenvalue weighted by Crippen LogP contribution is 1.81. The molecule has 0 fully saturated rings. The molecule has 0 aromatic rings. The minimum atomic E-state index is -0.144. The fraction of sp³-hybridized carbons (Fsp3) is 0.625. The van der Waals surface area contributed by atoms with Gasteiger partial charge in [0.15, 0.2) is 0 Å². The highest BCUT2D eigenvalue weighted by Gasteiger charge is 1.78. The Morgan fingerprint density at radius 2 is 1.80 bits per heavy atom. The van der Waals surface area contributed by atoms with Gasteiger partial charge < -0.3 is 5.32 Å². The SMILES string of the molecule is C=CC(=O)NC.CC(C)C. The second-order valence-electron chi connectivity index (χ2n) is 2.55. The maximum Gasteiger partial charge on any atom is 0.243 e. The van der Waals surface area contributed by atoms with Crippen LogP contribution in [0.5, 0.6) is 0 Å². The van der Waals surface area contributed by atoms with E-state index in [2.05, 4.69) is 32.7 Å². The summed E-state index contributed by atoms with van der Waals surface area (Å²) in [6, 6.07) is 0. The predicted octanol–water partition coefficient (Wildman–Crippen LogP) is 1.58. The first-order valence-electron chi connectivity index (χ1n) is 3.38. The summed E-state index contributed by atoms with van der Waals surface area (Å²) in [7, 11) is 1.56. The Kier molecular flexibility index (Phi) is 9.80. The Morgan fingerprint density at radius 1 is 1.50 bits per heavy atom. The minimum Gasteiger partial charge on any atom is -0.356 e. The van der Waals surface area contributed by atoms with Gasteiger partial charge in [0.25, 0.3) is 0 Å². The molecule has 0 heterocycles. The molecule has 0 atom stereocenters. The minimum absolute atomic E-state index is 0.144. The monoisotopic (exact) mass is 143 g/mol. The van der Waals surface area contributed by atoms with Crippen LogP contribution in [0, 0.1) is 5.92 Å². The molecule has 0 spiro atoms. The van der Waals surface area contributed by atoms with E-state index >= 15 is 0 Å². The van der Waals surface area contributed by atoms with Crippen LogP contribution in [0.25, 0.3) is 0 Å². The Labute approximate surface area is 63.3 Å². The van der Waals surface area contributed by atoms with Gasteiger partial charge in [0.05, 0.1) is 0 Å². The van der Waals surface area contributed by atoms with Crippen LogP contribution in [-0.2, 0) is 4.79 Å². The van der Waals surface area contributed by atoms with E-state index in [-0.39, 0.29) is 5.91 Å². The molecule has 0 radical (unpaired) electrons. The van der Waals surface area contributed by atoms with Crippen molar-refractivity contribution in [1.29, 1.82) is 0 Å². The van der Waals surface area contributed by atoms with Crippen LogP contribution in [0.2, 0.25) is 0 Å². The number of amides is 1. The van der Waals surface area contributed by atoms with E-state index in [0.717, 1.165) is 5.92 Å². The zero-order valence-electron chi connectivity index (χ0n) is 7.27. The first kappa shape index (κ1) is 11.9. The van der Waals surface area contributed by atoms with E-state index < -0.39 is 0 Å². The molecule has 0 aromatic heterocycles. The normalized spacial score (nSPS) is 7.70. The molecule has 0 aromatic carbocycles. The fourth-order valence-electron chi connectivity index (χ4n) is 0.102. The number of nitrogens with one attached hydrogen (secondary N) is 1. The lowest BCUT2D eigenvalue weighted by molar-refractivity contribution is -0.116. The Balaban J connectivity index is 0. The topological polar surface area (TPSA) is 29.1 Å².